The zero-order valence-electron chi connectivity index (χ0n) is 14.9. The predicted octanol–water partition coefficient (Wildman–Crippen LogP) is 4.84. The monoisotopic (exact) mass is 402 g/mol. The fourth-order valence-electron chi connectivity index (χ4n) is 3.67. The summed E-state index contributed by atoms with van der Waals surface area (Å²) in [5, 5.41) is 5.29. The molecule has 0 saturated carbocycles. The Hall–Kier alpha value is -2.17. The van der Waals surface area contributed by atoms with Crippen molar-refractivity contribution in [2.75, 3.05) is 6.61 Å². The number of ether oxygens (including phenoxy) is 1. The molecule has 1 aliphatic rings. The first-order chi connectivity index (χ1) is 13.0. The second-order valence-corrected chi connectivity index (χ2v) is 7.85. The van der Waals surface area contributed by atoms with Crippen LogP contribution in [0.4, 0.5) is 0 Å². The van der Waals surface area contributed by atoms with Crippen LogP contribution in [0.1, 0.15) is 23.2 Å². The summed E-state index contributed by atoms with van der Waals surface area (Å²) in [6.07, 6.45) is 2.67. The molecule has 0 saturated heterocycles. The van der Waals surface area contributed by atoms with Gasteiger partial charge < -0.3 is 15.0 Å². The Morgan fingerprint density at radius 1 is 1.26 bits per heavy atom. The number of rotatable bonds is 4. The van der Waals surface area contributed by atoms with Crippen molar-refractivity contribution in [1.82, 2.24) is 10.3 Å². The Balaban J connectivity index is 1.38. The van der Waals surface area contributed by atoms with Crippen molar-refractivity contribution in [1.29, 1.82) is 0 Å². The van der Waals surface area contributed by atoms with Crippen LogP contribution in [0.5, 0.6) is 5.75 Å². The molecule has 1 amide bonds. The van der Waals surface area contributed by atoms with E-state index in [0.29, 0.717) is 15.8 Å². The molecule has 3 aromatic rings. The van der Waals surface area contributed by atoms with E-state index in [9.17, 15) is 4.79 Å². The normalized spacial score (nSPS) is 16.2. The first kappa shape index (κ1) is 18.2. The number of hydrogen-bond donors (Lipinski definition) is 2. The zero-order chi connectivity index (χ0) is 19.0. The largest absolute Gasteiger partial charge is 0.482 e. The number of carbonyl (C=O) groups is 1. The maximum atomic E-state index is 12.3. The van der Waals surface area contributed by atoms with Gasteiger partial charge in [-0.15, -0.1) is 0 Å². The Bertz CT molecular complexity index is 1010. The van der Waals surface area contributed by atoms with Gasteiger partial charge in [-0.05, 0) is 55.7 Å². The first-order valence-electron chi connectivity index (χ1n) is 8.97. The molecule has 0 aliphatic heterocycles. The molecule has 6 heteroatoms. The van der Waals surface area contributed by atoms with E-state index in [2.05, 4.69) is 35.4 Å². The van der Waals surface area contributed by atoms with E-state index in [1.165, 1.54) is 27.7 Å². The number of amides is 1. The summed E-state index contributed by atoms with van der Waals surface area (Å²) in [6, 6.07) is 11.5. The minimum atomic E-state index is -0.151. The third-order valence-corrected chi connectivity index (χ3v) is 5.49. The van der Waals surface area contributed by atoms with Gasteiger partial charge in [0.2, 0.25) is 0 Å². The van der Waals surface area contributed by atoms with Crippen molar-refractivity contribution in [3.63, 3.8) is 0 Å². The smallest absolute Gasteiger partial charge is 0.258 e. The van der Waals surface area contributed by atoms with Crippen LogP contribution >= 0.6 is 23.2 Å². The SMILES string of the molecule is Cc1ccc2[nH]c3c(c2c1)CCC(NC(=O)COc1ccc(Cl)cc1Cl)C3. The lowest BCUT2D eigenvalue weighted by atomic mass is 9.91. The molecule has 1 atom stereocenters. The average Bonchev–Trinajstić information content (AvgIpc) is 2.98. The van der Waals surface area contributed by atoms with Gasteiger partial charge in [0.05, 0.1) is 5.02 Å². The van der Waals surface area contributed by atoms with Gasteiger partial charge in [-0.2, -0.15) is 0 Å². The molecule has 1 aliphatic carbocycles. The lowest BCUT2D eigenvalue weighted by Crippen LogP contribution is -2.41. The molecular formula is C21H20Cl2N2O2. The molecule has 0 bridgehead atoms. The van der Waals surface area contributed by atoms with E-state index in [1.807, 2.05) is 0 Å². The molecule has 1 heterocycles. The highest BCUT2D eigenvalue weighted by molar-refractivity contribution is 6.35. The quantitative estimate of drug-likeness (QED) is 0.655. The van der Waals surface area contributed by atoms with Crippen LogP contribution in [0.15, 0.2) is 36.4 Å². The van der Waals surface area contributed by atoms with Crippen molar-refractivity contribution in [3.05, 3.63) is 63.3 Å². The second kappa shape index (κ2) is 7.45. The maximum Gasteiger partial charge on any atom is 0.258 e. The van der Waals surface area contributed by atoms with Gasteiger partial charge >= 0.3 is 0 Å². The molecule has 2 N–H and O–H groups in total. The van der Waals surface area contributed by atoms with Gasteiger partial charge in [0, 0.05) is 34.1 Å². The van der Waals surface area contributed by atoms with Crippen LogP contribution in [-0.4, -0.2) is 23.5 Å². The predicted molar refractivity (Wildman–Crippen MR) is 109 cm³/mol. The Kier molecular flexibility index (Phi) is 5.02. The fourth-order valence-corrected chi connectivity index (χ4v) is 4.14. The number of H-pyrrole nitrogens is 1. The molecular weight excluding hydrogens is 383 g/mol. The van der Waals surface area contributed by atoms with Crippen molar-refractivity contribution in [2.45, 2.75) is 32.2 Å². The molecule has 1 unspecified atom stereocenters. The van der Waals surface area contributed by atoms with Crippen LogP contribution in [0.25, 0.3) is 10.9 Å². The van der Waals surface area contributed by atoms with Gasteiger partial charge in [0.15, 0.2) is 6.61 Å². The van der Waals surface area contributed by atoms with Crippen LogP contribution < -0.4 is 10.1 Å². The van der Waals surface area contributed by atoms with Crippen LogP contribution in [0, 0.1) is 6.92 Å². The Morgan fingerprint density at radius 2 is 2.11 bits per heavy atom. The molecule has 1 aromatic heterocycles. The molecule has 27 heavy (non-hydrogen) atoms. The van der Waals surface area contributed by atoms with Crippen LogP contribution in [-0.2, 0) is 17.6 Å². The highest BCUT2D eigenvalue weighted by Gasteiger charge is 2.23. The number of aryl methyl sites for hydroxylation is 2. The van der Waals surface area contributed by atoms with E-state index in [0.717, 1.165) is 19.3 Å². The number of carbonyl (C=O) groups excluding carboxylic acids is 1. The van der Waals surface area contributed by atoms with E-state index in [4.69, 9.17) is 27.9 Å². The molecule has 4 rings (SSSR count). The van der Waals surface area contributed by atoms with E-state index >= 15 is 0 Å². The minimum absolute atomic E-state index is 0.0728. The second-order valence-electron chi connectivity index (χ2n) is 7.00. The summed E-state index contributed by atoms with van der Waals surface area (Å²) in [5.41, 5.74) is 5.02. The zero-order valence-corrected chi connectivity index (χ0v) is 16.5. The summed E-state index contributed by atoms with van der Waals surface area (Å²) in [6.45, 7) is 2.04. The summed E-state index contributed by atoms with van der Waals surface area (Å²) in [5.74, 6) is 0.301. The van der Waals surface area contributed by atoms with Crippen molar-refractivity contribution >= 4 is 40.0 Å². The molecule has 4 nitrogen and oxygen atoms in total. The van der Waals surface area contributed by atoms with Crippen molar-refractivity contribution in [3.8, 4) is 5.75 Å². The molecule has 2 aromatic carbocycles. The summed E-state index contributed by atoms with van der Waals surface area (Å²) in [7, 11) is 0. The molecule has 0 fully saturated rings. The average molecular weight is 403 g/mol. The first-order valence-corrected chi connectivity index (χ1v) is 9.72. The third-order valence-electron chi connectivity index (χ3n) is 4.96. The highest BCUT2D eigenvalue weighted by Crippen LogP contribution is 2.30. The van der Waals surface area contributed by atoms with Crippen LogP contribution in [0.3, 0.4) is 0 Å². The maximum absolute atomic E-state index is 12.3. The fraction of sp³-hybridized carbons (Fsp3) is 0.286. The Labute approximate surface area is 167 Å². The summed E-state index contributed by atoms with van der Waals surface area (Å²) >= 11 is 11.9. The van der Waals surface area contributed by atoms with Crippen molar-refractivity contribution in [2.24, 2.45) is 0 Å². The number of aromatic amines is 1. The van der Waals surface area contributed by atoms with Gasteiger partial charge in [-0.1, -0.05) is 34.8 Å². The van der Waals surface area contributed by atoms with E-state index in [1.54, 1.807) is 18.2 Å². The number of nitrogens with one attached hydrogen (secondary N) is 2. The summed E-state index contributed by atoms with van der Waals surface area (Å²) < 4.78 is 5.52. The van der Waals surface area contributed by atoms with E-state index < -0.39 is 0 Å². The lowest BCUT2D eigenvalue weighted by molar-refractivity contribution is -0.123. The number of hydrogen-bond acceptors (Lipinski definition) is 2. The van der Waals surface area contributed by atoms with Gasteiger partial charge in [0.1, 0.15) is 5.75 Å². The summed E-state index contributed by atoms with van der Waals surface area (Å²) in [4.78, 5) is 15.8. The molecule has 0 radical (unpaired) electrons. The van der Waals surface area contributed by atoms with Gasteiger partial charge in [-0.25, -0.2) is 0 Å². The Morgan fingerprint density at radius 3 is 2.93 bits per heavy atom. The van der Waals surface area contributed by atoms with Crippen LogP contribution in [0.2, 0.25) is 10.0 Å². The van der Waals surface area contributed by atoms with Crippen molar-refractivity contribution < 1.29 is 9.53 Å². The lowest BCUT2D eigenvalue weighted by Gasteiger charge is -2.23. The number of benzene rings is 2. The molecule has 0 spiro atoms. The number of fused-ring (bicyclic) bond motifs is 3. The number of aromatic nitrogens is 1. The van der Waals surface area contributed by atoms with Gasteiger partial charge in [-0.3, -0.25) is 4.79 Å². The third kappa shape index (κ3) is 3.92. The highest BCUT2D eigenvalue weighted by atomic mass is 35.5. The minimum Gasteiger partial charge on any atom is -0.482 e. The standard InChI is InChI=1S/C21H20Cl2N2O2/c1-12-2-6-18-16(8-12)15-5-4-14(10-19(15)25-18)24-21(26)11-27-20-7-3-13(22)9-17(20)23/h2-3,6-9,14,25H,4-5,10-11H2,1H3,(H,24,26). The molecule has 140 valence electrons. The topological polar surface area (TPSA) is 54.1 Å². The number of halogens is 2. The van der Waals surface area contributed by atoms with Gasteiger partial charge in [0.25, 0.3) is 5.91 Å². The van der Waals surface area contributed by atoms with E-state index in [-0.39, 0.29) is 18.6 Å².